The fourth-order valence-corrected chi connectivity index (χ4v) is 4.59. The molecule has 1 amide bonds. The van der Waals surface area contributed by atoms with Gasteiger partial charge in [0.1, 0.15) is 5.75 Å². The SMILES string of the molecule is Cc1ccc(S(=O)(=O)N2CCOCC2)cc1NC(=O)COC(=O)CCCOc1ccccc1. The Labute approximate surface area is 193 Å². The molecule has 1 saturated heterocycles. The van der Waals surface area contributed by atoms with Crippen molar-refractivity contribution in [2.24, 2.45) is 0 Å². The van der Waals surface area contributed by atoms with Crippen molar-refractivity contribution >= 4 is 27.6 Å². The maximum atomic E-state index is 12.8. The van der Waals surface area contributed by atoms with Crippen LogP contribution in [0.4, 0.5) is 5.69 Å². The van der Waals surface area contributed by atoms with Crippen molar-refractivity contribution in [1.29, 1.82) is 0 Å². The molecule has 178 valence electrons. The third kappa shape index (κ3) is 7.28. The van der Waals surface area contributed by atoms with Crippen molar-refractivity contribution in [3.05, 3.63) is 54.1 Å². The first-order valence-corrected chi connectivity index (χ1v) is 12.1. The summed E-state index contributed by atoms with van der Waals surface area (Å²) in [4.78, 5) is 24.2. The molecule has 1 aliphatic heterocycles. The molecule has 33 heavy (non-hydrogen) atoms. The van der Waals surface area contributed by atoms with Gasteiger partial charge in [-0.25, -0.2) is 8.42 Å². The predicted octanol–water partition coefficient (Wildman–Crippen LogP) is 2.36. The number of esters is 1. The third-order valence-corrected chi connectivity index (χ3v) is 6.89. The summed E-state index contributed by atoms with van der Waals surface area (Å²) < 4.78 is 42.8. The molecule has 0 unspecified atom stereocenters. The van der Waals surface area contributed by atoms with Crippen LogP contribution >= 0.6 is 0 Å². The Kier molecular flexibility index (Phi) is 8.81. The lowest BCUT2D eigenvalue weighted by atomic mass is 10.2. The smallest absolute Gasteiger partial charge is 0.306 e. The van der Waals surface area contributed by atoms with Gasteiger partial charge in [-0.15, -0.1) is 0 Å². The van der Waals surface area contributed by atoms with Crippen LogP contribution in [0, 0.1) is 6.92 Å². The van der Waals surface area contributed by atoms with E-state index in [0.717, 1.165) is 5.75 Å². The Hall–Kier alpha value is -2.95. The van der Waals surface area contributed by atoms with E-state index in [1.165, 1.54) is 16.4 Å². The van der Waals surface area contributed by atoms with Crippen LogP contribution in [0.3, 0.4) is 0 Å². The van der Waals surface area contributed by atoms with E-state index in [2.05, 4.69) is 5.32 Å². The van der Waals surface area contributed by atoms with E-state index in [1.807, 2.05) is 30.3 Å². The minimum absolute atomic E-state index is 0.0840. The number of nitrogens with zero attached hydrogens (tertiary/aromatic N) is 1. The lowest BCUT2D eigenvalue weighted by Crippen LogP contribution is -2.40. The summed E-state index contributed by atoms with van der Waals surface area (Å²) >= 11 is 0. The highest BCUT2D eigenvalue weighted by Gasteiger charge is 2.27. The van der Waals surface area contributed by atoms with Crippen LogP contribution in [0.15, 0.2) is 53.4 Å². The zero-order valence-corrected chi connectivity index (χ0v) is 19.3. The molecule has 0 aromatic heterocycles. The van der Waals surface area contributed by atoms with Gasteiger partial charge in [0.15, 0.2) is 6.61 Å². The molecule has 10 heteroatoms. The number of para-hydroxylation sites is 1. The quantitative estimate of drug-likeness (QED) is 0.414. The van der Waals surface area contributed by atoms with Crippen molar-refractivity contribution < 1.29 is 32.2 Å². The summed E-state index contributed by atoms with van der Waals surface area (Å²) in [6.07, 6.45) is 0.572. The van der Waals surface area contributed by atoms with Gasteiger partial charge < -0.3 is 19.5 Å². The molecule has 1 fully saturated rings. The molecular weight excluding hydrogens is 448 g/mol. The van der Waals surface area contributed by atoms with E-state index in [9.17, 15) is 18.0 Å². The third-order valence-electron chi connectivity index (χ3n) is 4.99. The second kappa shape index (κ2) is 11.8. The standard InChI is InChI=1S/C23H28N2O7S/c1-18-9-10-20(33(28,29)25-11-14-30-15-12-25)16-21(18)24-22(26)17-32-23(27)8-5-13-31-19-6-3-2-4-7-19/h2-4,6-7,9-10,16H,5,8,11-15,17H2,1H3,(H,24,26). The number of carbonyl (C=O) groups excluding carboxylic acids is 2. The highest BCUT2D eigenvalue weighted by molar-refractivity contribution is 7.89. The predicted molar refractivity (Wildman–Crippen MR) is 122 cm³/mol. The van der Waals surface area contributed by atoms with Gasteiger partial charge in [-0.05, 0) is 43.2 Å². The summed E-state index contributed by atoms with van der Waals surface area (Å²) in [5.74, 6) is -0.339. The van der Waals surface area contributed by atoms with Gasteiger partial charge >= 0.3 is 5.97 Å². The molecule has 1 aliphatic rings. The number of hydrogen-bond donors (Lipinski definition) is 1. The zero-order valence-electron chi connectivity index (χ0n) is 18.5. The Morgan fingerprint density at radius 2 is 1.82 bits per heavy atom. The zero-order chi connectivity index (χ0) is 23.7. The minimum atomic E-state index is -3.69. The fourth-order valence-electron chi connectivity index (χ4n) is 3.16. The second-order valence-corrected chi connectivity index (χ2v) is 9.41. The van der Waals surface area contributed by atoms with E-state index in [0.29, 0.717) is 37.5 Å². The Morgan fingerprint density at radius 3 is 2.55 bits per heavy atom. The van der Waals surface area contributed by atoms with Crippen LogP contribution in [0.25, 0.3) is 0 Å². The van der Waals surface area contributed by atoms with E-state index in [-0.39, 0.29) is 24.4 Å². The largest absolute Gasteiger partial charge is 0.494 e. The summed E-state index contributed by atoms with van der Waals surface area (Å²) in [6, 6.07) is 13.8. The molecule has 0 atom stereocenters. The molecule has 0 aliphatic carbocycles. The number of aryl methyl sites for hydroxylation is 1. The van der Waals surface area contributed by atoms with Gasteiger partial charge in [-0.3, -0.25) is 9.59 Å². The summed E-state index contributed by atoms with van der Waals surface area (Å²) in [7, 11) is -3.69. The maximum absolute atomic E-state index is 12.8. The molecule has 0 spiro atoms. The highest BCUT2D eigenvalue weighted by atomic mass is 32.2. The normalized spacial score (nSPS) is 14.5. The summed E-state index contributed by atoms with van der Waals surface area (Å²) in [5.41, 5.74) is 1.04. The number of morpholine rings is 1. The number of rotatable bonds is 10. The lowest BCUT2D eigenvalue weighted by Gasteiger charge is -2.26. The molecule has 1 heterocycles. The molecular formula is C23H28N2O7S. The highest BCUT2D eigenvalue weighted by Crippen LogP contribution is 2.23. The number of nitrogens with one attached hydrogen (secondary N) is 1. The van der Waals surface area contributed by atoms with E-state index >= 15 is 0 Å². The van der Waals surface area contributed by atoms with Crippen molar-refractivity contribution in [3.8, 4) is 5.75 Å². The number of carbonyl (C=O) groups is 2. The summed E-state index contributed by atoms with van der Waals surface area (Å²) in [6.45, 7) is 2.90. The van der Waals surface area contributed by atoms with Crippen LogP contribution in [0.1, 0.15) is 18.4 Å². The van der Waals surface area contributed by atoms with Crippen molar-refractivity contribution in [3.63, 3.8) is 0 Å². The topological polar surface area (TPSA) is 111 Å². The number of anilines is 1. The average Bonchev–Trinajstić information content (AvgIpc) is 2.83. The Balaban J connectivity index is 1.46. The van der Waals surface area contributed by atoms with E-state index in [4.69, 9.17) is 14.2 Å². The molecule has 1 N–H and O–H groups in total. The Bertz CT molecular complexity index is 1050. The van der Waals surface area contributed by atoms with Gasteiger partial charge in [0, 0.05) is 25.2 Å². The van der Waals surface area contributed by atoms with Crippen molar-refractivity contribution in [1.82, 2.24) is 4.31 Å². The first kappa shape index (κ1) is 24.7. The number of benzene rings is 2. The molecule has 9 nitrogen and oxygen atoms in total. The van der Waals surface area contributed by atoms with Crippen LogP contribution in [-0.2, 0) is 29.1 Å². The van der Waals surface area contributed by atoms with Gasteiger partial charge in [-0.1, -0.05) is 24.3 Å². The number of amides is 1. The minimum Gasteiger partial charge on any atom is -0.494 e. The van der Waals surface area contributed by atoms with Gasteiger partial charge in [0.25, 0.3) is 5.91 Å². The number of hydrogen-bond acceptors (Lipinski definition) is 7. The second-order valence-electron chi connectivity index (χ2n) is 7.47. The van der Waals surface area contributed by atoms with Crippen LogP contribution in [0.2, 0.25) is 0 Å². The van der Waals surface area contributed by atoms with E-state index < -0.39 is 28.5 Å². The number of sulfonamides is 1. The van der Waals surface area contributed by atoms with Crippen LogP contribution < -0.4 is 10.1 Å². The molecule has 2 aromatic rings. The van der Waals surface area contributed by atoms with E-state index in [1.54, 1.807) is 13.0 Å². The Morgan fingerprint density at radius 1 is 1.09 bits per heavy atom. The average molecular weight is 477 g/mol. The maximum Gasteiger partial charge on any atom is 0.306 e. The molecule has 0 radical (unpaired) electrons. The van der Waals surface area contributed by atoms with Gasteiger partial charge in [0.2, 0.25) is 10.0 Å². The van der Waals surface area contributed by atoms with Crippen LogP contribution in [0.5, 0.6) is 5.75 Å². The van der Waals surface area contributed by atoms with Crippen LogP contribution in [-0.4, -0.2) is 64.1 Å². The molecule has 0 bridgehead atoms. The molecule has 2 aromatic carbocycles. The fraction of sp³-hybridized carbons (Fsp3) is 0.391. The van der Waals surface area contributed by atoms with Crippen molar-refractivity contribution in [2.45, 2.75) is 24.7 Å². The van der Waals surface area contributed by atoms with Crippen molar-refractivity contribution in [2.75, 3.05) is 44.8 Å². The molecule has 3 rings (SSSR count). The number of ether oxygens (including phenoxy) is 3. The first-order chi connectivity index (χ1) is 15.9. The monoisotopic (exact) mass is 476 g/mol. The summed E-state index contributed by atoms with van der Waals surface area (Å²) in [5, 5.41) is 2.62. The van der Waals surface area contributed by atoms with Gasteiger partial charge in [-0.2, -0.15) is 4.31 Å². The lowest BCUT2D eigenvalue weighted by molar-refractivity contribution is -0.147. The molecule has 0 saturated carbocycles. The first-order valence-electron chi connectivity index (χ1n) is 10.7. The van der Waals surface area contributed by atoms with Gasteiger partial charge in [0.05, 0.1) is 24.7 Å².